The Morgan fingerprint density at radius 1 is 1.19 bits per heavy atom. The first-order chi connectivity index (χ1) is 13.1. The molecule has 2 saturated heterocycles. The molecule has 4 nitrogen and oxygen atoms in total. The van der Waals surface area contributed by atoms with Gasteiger partial charge in [-0.15, -0.1) is 0 Å². The van der Waals surface area contributed by atoms with Gasteiger partial charge >= 0.3 is 0 Å². The zero-order valence-corrected chi connectivity index (χ0v) is 16.5. The number of halogens is 1. The second kappa shape index (κ2) is 9.65. The third-order valence-corrected chi connectivity index (χ3v) is 6.12. The molecular formula is C22H33FN2O2. The highest BCUT2D eigenvalue weighted by Gasteiger charge is 2.43. The Morgan fingerprint density at radius 3 is 2.52 bits per heavy atom. The van der Waals surface area contributed by atoms with Crippen molar-refractivity contribution in [1.29, 1.82) is 0 Å². The topological polar surface area (TPSA) is 41.6 Å². The van der Waals surface area contributed by atoms with Crippen LogP contribution in [0.2, 0.25) is 0 Å². The molecule has 1 atom stereocenters. The summed E-state index contributed by atoms with van der Waals surface area (Å²) in [4.78, 5) is 15.8. The van der Waals surface area contributed by atoms with E-state index in [0.717, 1.165) is 26.1 Å². The molecule has 2 aliphatic rings. The lowest BCUT2D eigenvalue weighted by Crippen LogP contribution is -2.51. The molecule has 1 aromatic rings. The molecule has 2 aliphatic heterocycles. The minimum absolute atomic E-state index is 0.0562. The minimum atomic E-state index is -0.819. The van der Waals surface area contributed by atoms with E-state index in [4.69, 9.17) is 4.74 Å². The van der Waals surface area contributed by atoms with Crippen LogP contribution < -0.4 is 5.32 Å². The van der Waals surface area contributed by atoms with Gasteiger partial charge in [0.05, 0.1) is 5.41 Å². The molecule has 3 rings (SSSR count). The van der Waals surface area contributed by atoms with Gasteiger partial charge in [-0.3, -0.25) is 4.79 Å². The molecule has 0 spiro atoms. The number of amides is 1. The number of carbonyl (C=O) groups excluding carboxylic acids is 1. The predicted molar refractivity (Wildman–Crippen MR) is 105 cm³/mol. The van der Waals surface area contributed by atoms with E-state index in [-0.39, 0.29) is 17.8 Å². The second-order valence-electron chi connectivity index (χ2n) is 8.09. The van der Waals surface area contributed by atoms with E-state index >= 15 is 0 Å². The number of rotatable bonds is 6. The molecule has 150 valence electrons. The Morgan fingerprint density at radius 2 is 1.85 bits per heavy atom. The Labute approximate surface area is 162 Å². The fourth-order valence-electron chi connectivity index (χ4n) is 4.36. The molecule has 2 heterocycles. The van der Waals surface area contributed by atoms with Gasteiger partial charge in [0.1, 0.15) is 5.82 Å². The molecule has 1 N–H and O–H groups in total. The molecule has 5 heteroatoms. The van der Waals surface area contributed by atoms with Crippen LogP contribution >= 0.6 is 0 Å². The fourth-order valence-corrected chi connectivity index (χ4v) is 4.36. The first-order valence-corrected chi connectivity index (χ1v) is 10.5. The summed E-state index contributed by atoms with van der Waals surface area (Å²) in [6.07, 6.45) is 7.19. The van der Waals surface area contributed by atoms with Crippen molar-refractivity contribution in [3.8, 4) is 0 Å². The van der Waals surface area contributed by atoms with Crippen molar-refractivity contribution in [3.05, 3.63) is 35.6 Å². The summed E-state index contributed by atoms with van der Waals surface area (Å²) in [5, 5.41) is 3.18. The number of hydrogen-bond donors (Lipinski definition) is 1. The highest BCUT2D eigenvalue weighted by molar-refractivity contribution is 5.88. The monoisotopic (exact) mass is 376 g/mol. The summed E-state index contributed by atoms with van der Waals surface area (Å²) in [5.74, 6) is -0.356. The van der Waals surface area contributed by atoms with Crippen molar-refractivity contribution in [1.82, 2.24) is 10.2 Å². The zero-order chi connectivity index (χ0) is 19.1. The Kier molecular flexibility index (Phi) is 7.25. The maximum absolute atomic E-state index is 14.5. The van der Waals surface area contributed by atoms with Crippen molar-refractivity contribution in [2.75, 3.05) is 32.8 Å². The molecule has 0 saturated carbocycles. The lowest BCUT2D eigenvalue weighted by Gasteiger charge is -2.37. The van der Waals surface area contributed by atoms with E-state index in [2.05, 4.69) is 17.1 Å². The van der Waals surface area contributed by atoms with Gasteiger partial charge in [0.15, 0.2) is 0 Å². The molecule has 0 aliphatic carbocycles. The second-order valence-corrected chi connectivity index (χ2v) is 8.09. The average molecular weight is 377 g/mol. The number of carbonyl (C=O) groups is 1. The first-order valence-electron chi connectivity index (χ1n) is 10.5. The molecule has 27 heavy (non-hydrogen) atoms. The maximum Gasteiger partial charge on any atom is 0.231 e. The van der Waals surface area contributed by atoms with Crippen LogP contribution in [0.15, 0.2) is 24.3 Å². The zero-order valence-electron chi connectivity index (χ0n) is 16.5. The number of ether oxygens (including phenoxy) is 1. The van der Waals surface area contributed by atoms with Gasteiger partial charge in [-0.2, -0.15) is 0 Å². The van der Waals surface area contributed by atoms with Crippen molar-refractivity contribution in [3.63, 3.8) is 0 Å². The van der Waals surface area contributed by atoms with Crippen molar-refractivity contribution >= 4 is 5.91 Å². The van der Waals surface area contributed by atoms with Crippen LogP contribution in [0, 0.1) is 5.82 Å². The normalized spacial score (nSPS) is 22.0. The molecule has 0 radical (unpaired) electrons. The van der Waals surface area contributed by atoms with Gasteiger partial charge < -0.3 is 15.0 Å². The van der Waals surface area contributed by atoms with Crippen LogP contribution in [-0.2, 0) is 14.9 Å². The summed E-state index contributed by atoms with van der Waals surface area (Å²) < 4.78 is 20.0. The van der Waals surface area contributed by atoms with Gasteiger partial charge in [-0.25, -0.2) is 4.39 Å². The summed E-state index contributed by atoms with van der Waals surface area (Å²) in [6.45, 7) is 6.38. The number of hydrogen-bond acceptors (Lipinski definition) is 3. The van der Waals surface area contributed by atoms with Gasteiger partial charge in [-0.1, -0.05) is 31.0 Å². The number of benzene rings is 1. The summed E-state index contributed by atoms with van der Waals surface area (Å²) in [5.41, 5.74) is -0.314. The van der Waals surface area contributed by atoms with Crippen LogP contribution in [0.4, 0.5) is 4.39 Å². The van der Waals surface area contributed by atoms with E-state index in [1.807, 2.05) is 6.07 Å². The Balaban J connectivity index is 1.63. The van der Waals surface area contributed by atoms with Crippen LogP contribution in [-0.4, -0.2) is 49.7 Å². The quantitative estimate of drug-likeness (QED) is 0.824. The van der Waals surface area contributed by atoms with E-state index in [1.54, 1.807) is 12.1 Å². The molecule has 0 bridgehead atoms. The van der Waals surface area contributed by atoms with Gasteiger partial charge in [0, 0.05) is 31.4 Å². The number of likely N-dealkylation sites (tertiary alicyclic amines) is 1. The summed E-state index contributed by atoms with van der Waals surface area (Å²) in [7, 11) is 0. The molecule has 2 fully saturated rings. The van der Waals surface area contributed by atoms with Crippen LogP contribution in [0.5, 0.6) is 0 Å². The van der Waals surface area contributed by atoms with Gasteiger partial charge in [0.25, 0.3) is 0 Å². The lowest BCUT2D eigenvalue weighted by atomic mass is 9.73. The van der Waals surface area contributed by atoms with Gasteiger partial charge in [-0.05, 0) is 58.2 Å². The Bertz CT molecular complexity index is 608. The highest BCUT2D eigenvalue weighted by atomic mass is 19.1. The third kappa shape index (κ3) is 5.08. The number of nitrogens with one attached hydrogen (secondary N) is 1. The maximum atomic E-state index is 14.5. The van der Waals surface area contributed by atoms with Gasteiger partial charge in [0.2, 0.25) is 5.91 Å². The van der Waals surface area contributed by atoms with Crippen molar-refractivity contribution in [2.24, 2.45) is 0 Å². The standard InChI is InChI=1S/C22H33FN2O2/c1-18(10-15-25-13-6-2-3-7-14-25)24-21(26)22(11-16-27-17-12-22)19-8-4-5-9-20(19)23/h4-5,8-9,18H,2-3,6-7,10-17H2,1H3,(H,24,26)/t18-/m1/s1. The smallest absolute Gasteiger partial charge is 0.231 e. The first kappa shape index (κ1) is 20.3. The fraction of sp³-hybridized carbons (Fsp3) is 0.682. The molecular weight excluding hydrogens is 343 g/mol. The van der Waals surface area contributed by atoms with Crippen LogP contribution in [0.1, 0.15) is 57.4 Å². The average Bonchev–Trinajstić information content (AvgIpc) is 2.96. The number of nitrogens with zero attached hydrogens (tertiary/aromatic N) is 1. The lowest BCUT2D eigenvalue weighted by molar-refractivity contribution is -0.131. The summed E-state index contributed by atoms with van der Waals surface area (Å²) in [6, 6.07) is 6.76. The van der Waals surface area contributed by atoms with Crippen molar-refractivity contribution < 1.29 is 13.9 Å². The van der Waals surface area contributed by atoms with Crippen LogP contribution in [0.25, 0.3) is 0 Å². The highest BCUT2D eigenvalue weighted by Crippen LogP contribution is 2.36. The SMILES string of the molecule is C[C@H](CCN1CCCCCC1)NC(=O)C1(c2ccccc2F)CCOCC1. The predicted octanol–water partition coefficient (Wildman–Crippen LogP) is 3.64. The largest absolute Gasteiger partial charge is 0.381 e. The minimum Gasteiger partial charge on any atom is -0.381 e. The molecule has 0 aromatic heterocycles. The third-order valence-electron chi connectivity index (χ3n) is 6.12. The Hall–Kier alpha value is -1.46. The van der Waals surface area contributed by atoms with E-state index in [0.29, 0.717) is 31.6 Å². The van der Waals surface area contributed by atoms with E-state index in [1.165, 1.54) is 31.7 Å². The summed E-state index contributed by atoms with van der Waals surface area (Å²) >= 11 is 0. The molecule has 1 amide bonds. The van der Waals surface area contributed by atoms with Crippen molar-refractivity contribution in [2.45, 2.75) is 63.3 Å². The van der Waals surface area contributed by atoms with Crippen LogP contribution in [0.3, 0.4) is 0 Å². The van der Waals surface area contributed by atoms with E-state index in [9.17, 15) is 9.18 Å². The van der Waals surface area contributed by atoms with E-state index < -0.39 is 5.41 Å². The molecule has 0 unspecified atom stereocenters. The molecule has 1 aromatic carbocycles.